The number of aromatic nitrogens is 1. The third-order valence-electron chi connectivity index (χ3n) is 6.12. The van der Waals surface area contributed by atoms with Crippen LogP contribution in [0.2, 0.25) is 0 Å². The number of pyridine rings is 1. The quantitative estimate of drug-likeness (QED) is 0.180. The number of amides is 1. The Bertz CT molecular complexity index is 970. The largest absolute Gasteiger partial charge is 0.618 e. The predicted molar refractivity (Wildman–Crippen MR) is 133 cm³/mol. The molecule has 0 radical (unpaired) electrons. The Hall–Kier alpha value is -2.45. The van der Waals surface area contributed by atoms with Crippen LogP contribution < -0.4 is 10.0 Å². The van der Waals surface area contributed by atoms with Crippen molar-refractivity contribution in [2.45, 2.75) is 40.0 Å². The number of nitrogens with zero attached hydrogens (tertiary/aromatic N) is 3. The summed E-state index contributed by atoms with van der Waals surface area (Å²) in [6.45, 7) is 9.53. The summed E-state index contributed by atoms with van der Waals surface area (Å²) in [6, 6.07) is 9.92. The molecule has 1 aliphatic rings. The van der Waals surface area contributed by atoms with E-state index < -0.39 is 0 Å². The fourth-order valence-corrected chi connectivity index (χ4v) is 4.52. The smallest absolute Gasteiger partial charge is 0.257 e. The second-order valence-corrected chi connectivity index (χ2v) is 9.33. The number of piperidine rings is 1. The van der Waals surface area contributed by atoms with E-state index in [0.29, 0.717) is 30.3 Å². The molecule has 0 unspecified atom stereocenters. The van der Waals surface area contributed by atoms with E-state index >= 15 is 0 Å². The molecule has 8 heteroatoms. The summed E-state index contributed by atoms with van der Waals surface area (Å²) in [5.41, 5.74) is 3.86. The van der Waals surface area contributed by atoms with Crippen LogP contribution in [0.4, 0.5) is 0 Å². The van der Waals surface area contributed by atoms with Gasteiger partial charge in [-0.05, 0) is 76.0 Å². The number of nitrogens with one attached hydrogen (secondary N) is 1. The van der Waals surface area contributed by atoms with Gasteiger partial charge in [0.1, 0.15) is 12.2 Å². The first-order valence-corrected chi connectivity index (χ1v) is 12.4. The van der Waals surface area contributed by atoms with Gasteiger partial charge in [0, 0.05) is 29.9 Å². The van der Waals surface area contributed by atoms with Crippen molar-refractivity contribution in [3.8, 4) is 0 Å². The molecule has 2 aromatic rings. The lowest BCUT2D eigenvalue weighted by molar-refractivity contribution is -0.612. The van der Waals surface area contributed by atoms with Crippen molar-refractivity contribution in [2.75, 3.05) is 32.8 Å². The van der Waals surface area contributed by atoms with Gasteiger partial charge in [-0.1, -0.05) is 33.2 Å². The van der Waals surface area contributed by atoms with Gasteiger partial charge >= 0.3 is 0 Å². The minimum absolute atomic E-state index is 0.180. The molecule has 178 valence electrons. The summed E-state index contributed by atoms with van der Waals surface area (Å²) in [5.74, 6) is 0.191. The lowest BCUT2D eigenvalue weighted by atomic mass is 9.88. The summed E-state index contributed by atoms with van der Waals surface area (Å²) < 4.78 is 1.79. The van der Waals surface area contributed by atoms with E-state index in [1.807, 2.05) is 26.0 Å². The van der Waals surface area contributed by atoms with Gasteiger partial charge in [-0.3, -0.25) is 4.79 Å². The van der Waals surface area contributed by atoms with Crippen molar-refractivity contribution in [3.63, 3.8) is 0 Å². The Balaban J connectivity index is 1.47. The van der Waals surface area contributed by atoms with Crippen LogP contribution in [-0.4, -0.2) is 49.3 Å². The molecular weight excluding hydrogens is 484 g/mol. The molecule has 7 nitrogen and oxygen atoms in total. The fourth-order valence-electron chi connectivity index (χ4n) is 4.25. The molecule has 3 rings (SSSR count). The number of aryl methyl sites for hydroxylation is 1. The molecular formula is C25H33BrN4O3. The van der Waals surface area contributed by atoms with Gasteiger partial charge in [0.05, 0.1) is 5.71 Å². The summed E-state index contributed by atoms with van der Waals surface area (Å²) in [4.78, 5) is 20.4. The highest BCUT2D eigenvalue weighted by molar-refractivity contribution is 9.10. The average Bonchev–Trinajstić information content (AvgIpc) is 2.81. The first-order valence-electron chi connectivity index (χ1n) is 11.6. The predicted octanol–water partition coefficient (Wildman–Crippen LogP) is 3.97. The van der Waals surface area contributed by atoms with Crippen LogP contribution in [0, 0.1) is 25.0 Å². The maximum Gasteiger partial charge on any atom is 0.257 e. The number of oxime groups is 1. The maximum absolute atomic E-state index is 12.5. The lowest BCUT2D eigenvalue weighted by Crippen LogP contribution is -2.39. The number of likely N-dealkylation sites (tertiary alicyclic amines) is 1. The van der Waals surface area contributed by atoms with E-state index in [1.54, 1.807) is 13.0 Å². The van der Waals surface area contributed by atoms with Crippen LogP contribution in [0.3, 0.4) is 0 Å². The Morgan fingerprint density at radius 2 is 1.94 bits per heavy atom. The lowest BCUT2D eigenvalue weighted by Gasteiger charge is -2.32. The Morgan fingerprint density at radius 3 is 2.61 bits per heavy atom. The molecule has 1 amide bonds. The molecule has 0 atom stereocenters. The van der Waals surface area contributed by atoms with Crippen molar-refractivity contribution in [2.24, 2.45) is 11.1 Å². The molecule has 1 fully saturated rings. The van der Waals surface area contributed by atoms with Crippen LogP contribution in [0.5, 0.6) is 0 Å². The van der Waals surface area contributed by atoms with E-state index in [4.69, 9.17) is 4.84 Å². The van der Waals surface area contributed by atoms with Gasteiger partial charge in [0.2, 0.25) is 5.69 Å². The highest BCUT2D eigenvalue weighted by atomic mass is 79.9. The Kier molecular flexibility index (Phi) is 9.26. The molecule has 1 aliphatic heterocycles. The third kappa shape index (κ3) is 6.77. The van der Waals surface area contributed by atoms with Gasteiger partial charge in [0.25, 0.3) is 5.91 Å². The van der Waals surface area contributed by atoms with Crippen molar-refractivity contribution in [3.05, 3.63) is 68.6 Å². The van der Waals surface area contributed by atoms with Gasteiger partial charge in [-0.2, -0.15) is 4.73 Å². The van der Waals surface area contributed by atoms with E-state index in [2.05, 4.69) is 43.4 Å². The molecule has 2 heterocycles. The van der Waals surface area contributed by atoms with Crippen molar-refractivity contribution in [1.82, 2.24) is 10.2 Å². The average molecular weight is 517 g/mol. The molecule has 33 heavy (non-hydrogen) atoms. The number of halogens is 1. The minimum Gasteiger partial charge on any atom is -0.618 e. The zero-order valence-corrected chi connectivity index (χ0v) is 21.2. The molecule has 1 N–H and O–H groups in total. The van der Waals surface area contributed by atoms with Crippen molar-refractivity contribution in [1.29, 1.82) is 0 Å². The zero-order chi connectivity index (χ0) is 23.8. The van der Waals surface area contributed by atoms with Gasteiger partial charge < -0.3 is 20.3 Å². The second kappa shape index (κ2) is 12.1. The highest BCUT2D eigenvalue weighted by Gasteiger charge is 2.25. The normalized spacial score (nSPS) is 15.5. The topological polar surface area (TPSA) is 80.9 Å². The molecule has 1 saturated heterocycles. The van der Waals surface area contributed by atoms with Gasteiger partial charge in [0.15, 0.2) is 6.20 Å². The molecule has 1 aromatic heterocycles. The fraction of sp³-hybridized carbons (Fsp3) is 0.480. The molecule has 0 saturated carbocycles. The van der Waals surface area contributed by atoms with E-state index in [1.165, 1.54) is 6.20 Å². The maximum atomic E-state index is 12.5. The van der Waals surface area contributed by atoms with E-state index in [0.717, 1.165) is 64.9 Å². The summed E-state index contributed by atoms with van der Waals surface area (Å²) in [5, 5.41) is 19.2. The first kappa shape index (κ1) is 25.2. The van der Waals surface area contributed by atoms with Crippen molar-refractivity contribution < 1.29 is 14.4 Å². The van der Waals surface area contributed by atoms with Crippen molar-refractivity contribution >= 4 is 27.5 Å². The Morgan fingerprint density at radius 1 is 1.24 bits per heavy atom. The van der Waals surface area contributed by atoms with E-state index in [9.17, 15) is 10.0 Å². The first-order chi connectivity index (χ1) is 15.9. The van der Waals surface area contributed by atoms with E-state index in [-0.39, 0.29) is 5.91 Å². The number of carbonyl (C=O) groups excluding carboxylic acids is 1. The summed E-state index contributed by atoms with van der Waals surface area (Å²) in [7, 11) is 0. The third-order valence-corrected chi connectivity index (χ3v) is 6.65. The zero-order valence-electron chi connectivity index (χ0n) is 19.6. The summed E-state index contributed by atoms with van der Waals surface area (Å²) in [6.07, 6.45) is 4.36. The number of hydrogen-bond acceptors (Lipinski definition) is 5. The van der Waals surface area contributed by atoms with Crippen LogP contribution >= 0.6 is 15.9 Å². The van der Waals surface area contributed by atoms with Crippen LogP contribution in [-0.2, 0) is 4.84 Å². The minimum atomic E-state index is -0.180. The van der Waals surface area contributed by atoms with Crippen LogP contribution in [0.25, 0.3) is 0 Å². The monoisotopic (exact) mass is 516 g/mol. The highest BCUT2D eigenvalue weighted by Crippen LogP contribution is 2.24. The number of rotatable bonds is 9. The second-order valence-electron chi connectivity index (χ2n) is 8.41. The standard InChI is InChI=1S/C25H33BrN4O3/c1-4-33-28-24(20-6-8-22(26)9-7-20)21-11-15-29(16-12-21)14-5-13-27-25(31)23-18(2)10-17-30(32)19(23)3/h6-10,17,21H,4-5,11-16H2,1-3H3,(H,27,31)/b28-24-. The van der Waals surface area contributed by atoms with Gasteiger partial charge in [-0.25, -0.2) is 0 Å². The molecule has 0 bridgehead atoms. The number of hydrogen-bond donors (Lipinski definition) is 1. The van der Waals surface area contributed by atoms with Gasteiger partial charge in [-0.15, -0.1) is 0 Å². The molecule has 0 aliphatic carbocycles. The SMILES string of the molecule is CCO/N=C(/c1ccc(Br)cc1)C1CCN(CCCNC(=O)c2c(C)cc[n+]([O-])c2C)CC1. The molecule has 0 spiro atoms. The van der Waals surface area contributed by atoms with Crippen LogP contribution in [0.15, 0.2) is 46.2 Å². The molecule has 1 aromatic carbocycles. The van der Waals surface area contributed by atoms with Crippen LogP contribution in [0.1, 0.15) is 53.4 Å². The number of carbonyl (C=O) groups is 1. The summed E-state index contributed by atoms with van der Waals surface area (Å²) >= 11 is 3.49. The number of benzene rings is 1. The Labute approximate surface area is 204 Å².